The second-order valence-electron chi connectivity index (χ2n) is 8.01. The summed E-state index contributed by atoms with van der Waals surface area (Å²) in [4.78, 5) is 21.5. The number of anilines is 1. The van der Waals surface area contributed by atoms with E-state index in [9.17, 15) is 9.18 Å². The molecule has 0 bridgehead atoms. The number of rotatable bonds is 2. The lowest BCUT2D eigenvalue weighted by Crippen LogP contribution is -2.50. The van der Waals surface area contributed by atoms with E-state index in [2.05, 4.69) is 20.9 Å². The lowest BCUT2D eigenvalue weighted by atomic mass is 9.78. The first kappa shape index (κ1) is 17.3. The van der Waals surface area contributed by atoms with E-state index in [1.165, 1.54) is 6.07 Å². The third kappa shape index (κ3) is 3.04. The fourth-order valence-corrected chi connectivity index (χ4v) is 4.99. The van der Waals surface area contributed by atoms with E-state index < -0.39 is 5.95 Å². The topological polar surface area (TPSA) is 60.2 Å². The number of likely N-dealkylation sites (tertiary alicyclic amines) is 1. The third-order valence-electron chi connectivity index (χ3n) is 6.47. The molecule has 2 saturated heterocycles. The summed E-state index contributed by atoms with van der Waals surface area (Å²) in [7, 11) is 0. The molecule has 1 aromatic rings. The zero-order chi connectivity index (χ0) is 18.1. The van der Waals surface area contributed by atoms with Gasteiger partial charge >= 0.3 is 0 Å². The van der Waals surface area contributed by atoms with Crippen LogP contribution in [0.25, 0.3) is 0 Å². The van der Waals surface area contributed by atoms with Crippen molar-refractivity contribution in [3.8, 4) is 6.07 Å². The molecule has 3 heterocycles. The van der Waals surface area contributed by atoms with Crippen LogP contribution in [-0.2, 0) is 4.79 Å². The minimum absolute atomic E-state index is 0.155. The van der Waals surface area contributed by atoms with Crippen molar-refractivity contribution in [2.45, 2.75) is 51.0 Å². The number of piperidine rings is 1. The Balaban J connectivity index is 1.47. The van der Waals surface area contributed by atoms with Gasteiger partial charge in [-0.05, 0) is 57.1 Å². The summed E-state index contributed by atoms with van der Waals surface area (Å²) in [5.41, 5.74) is -0.349. The smallest absolute Gasteiger partial charge is 0.230 e. The molecule has 3 fully saturated rings. The van der Waals surface area contributed by atoms with Crippen LogP contribution in [0.1, 0.15) is 44.9 Å². The molecule has 4 rings (SSSR count). The summed E-state index contributed by atoms with van der Waals surface area (Å²) < 4.78 is 13.5. The van der Waals surface area contributed by atoms with Crippen LogP contribution in [0.3, 0.4) is 0 Å². The summed E-state index contributed by atoms with van der Waals surface area (Å²) in [5.74, 6) is 0.571. The summed E-state index contributed by atoms with van der Waals surface area (Å²) in [6.07, 6.45) is 6.38. The number of amides is 1. The number of nitriles is 1. The molecule has 0 aromatic carbocycles. The van der Waals surface area contributed by atoms with Crippen LogP contribution in [0.5, 0.6) is 0 Å². The number of carbonyl (C=O) groups excluding carboxylic acids is 1. The van der Waals surface area contributed by atoms with Crippen molar-refractivity contribution in [3.05, 3.63) is 24.1 Å². The Kier molecular flexibility index (Phi) is 4.56. The molecule has 26 heavy (non-hydrogen) atoms. The van der Waals surface area contributed by atoms with E-state index in [0.717, 1.165) is 58.0 Å². The van der Waals surface area contributed by atoms with Gasteiger partial charge in [0, 0.05) is 31.6 Å². The summed E-state index contributed by atoms with van der Waals surface area (Å²) >= 11 is 0. The molecule has 5 nitrogen and oxygen atoms in total. The largest absolute Gasteiger partial charge is 0.355 e. The van der Waals surface area contributed by atoms with Crippen molar-refractivity contribution >= 4 is 11.7 Å². The van der Waals surface area contributed by atoms with Crippen molar-refractivity contribution in [2.24, 2.45) is 11.3 Å². The van der Waals surface area contributed by atoms with Crippen LogP contribution in [-0.4, -0.2) is 41.5 Å². The van der Waals surface area contributed by atoms with E-state index in [1.54, 1.807) is 6.07 Å². The quantitative estimate of drug-likeness (QED) is 0.764. The molecule has 3 aliphatic rings. The Bertz CT molecular complexity index is 725. The fraction of sp³-hybridized carbons (Fsp3) is 0.650. The van der Waals surface area contributed by atoms with Gasteiger partial charge in [0.15, 0.2) is 0 Å². The van der Waals surface area contributed by atoms with Crippen molar-refractivity contribution in [2.75, 3.05) is 24.5 Å². The highest BCUT2D eigenvalue weighted by Gasteiger charge is 2.50. The van der Waals surface area contributed by atoms with Crippen LogP contribution in [0.15, 0.2) is 18.2 Å². The lowest BCUT2D eigenvalue weighted by molar-refractivity contribution is -0.139. The maximum absolute atomic E-state index is 13.5. The second-order valence-corrected chi connectivity index (χ2v) is 8.01. The van der Waals surface area contributed by atoms with E-state index in [0.29, 0.717) is 12.4 Å². The maximum Gasteiger partial charge on any atom is 0.230 e. The molecule has 1 aromatic heterocycles. The standard InChI is InChI=1S/C20H25FN4O/c21-17-3-1-4-18(23-17)24-11-2-9-20(14-24)10-12-25(19(20)26)16-7-5-15(13-22)6-8-16/h1,3-4,15-16H,2,5-12,14H2/t15?,16?,20-/m1/s1. The first-order valence-electron chi connectivity index (χ1n) is 9.69. The fourth-order valence-electron chi connectivity index (χ4n) is 4.99. The highest BCUT2D eigenvalue weighted by molar-refractivity contribution is 5.86. The van der Waals surface area contributed by atoms with Crippen LogP contribution < -0.4 is 4.90 Å². The second kappa shape index (κ2) is 6.86. The van der Waals surface area contributed by atoms with Gasteiger partial charge in [-0.3, -0.25) is 4.79 Å². The molecule has 1 amide bonds. The van der Waals surface area contributed by atoms with Gasteiger partial charge in [-0.2, -0.15) is 9.65 Å². The van der Waals surface area contributed by atoms with E-state index in [4.69, 9.17) is 5.26 Å². The molecule has 6 heteroatoms. The number of nitrogens with zero attached hydrogens (tertiary/aromatic N) is 4. The predicted molar refractivity (Wildman–Crippen MR) is 95.8 cm³/mol. The highest BCUT2D eigenvalue weighted by atomic mass is 19.1. The van der Waals surface area contributed by atoms with Crippen LogP contribution in [0, 0.1) is 28.6 Å². The number of hydrogen-bond acceptors (Lipinski definition) is 4. The first-order chi connectivity index (χ1) is 12.6. The Labute approximate surface area is 153 Å². The number of aromatic nitrogens is 1. The molecule has 1 atom stereocenters. The molecule has 0 unspecified atom stereocenters. The maximum atomic E-state index is 13.5. The molecule has 2 aliphatic heterocycles. The summed E-state index contributed by atoms with van der Waals surface area (Å²) in [5, 5.41) is 9.08. The van der Waals surface area contributed by atoms with Crippen molar-refractivity contribution in [1.82, 2.24) is 9.88 Å². The molecule has 0 N–H and O–H groups in total. The average molecular weight is 356 g/mol. The van der Waals surface area contributed by atoms with Crippen molar-refractivity contribution in [1.29, 1.82) is 5.26 Å². The Morgan fingerprint density at radius 2 is 2.00 bits per heavy atom. The van der Waals surface area contributed by atoms with E-state index >= 15 is 0 Å². The van der Waals surface area contributed by atoms with E-state index in [1.807, 2.05) is 6.07 Å². The molecule has 1 aliphatic carbocycles. The summed E-state index contributed by atoms with van der Waals surface area (Å²) in [6, 6.07) is 7.50. The first-order valence-corrected chi connectivity index (χ1v) is 9.69. The zero-order valence-corrected chi connectivity index (χ0v) is 15.0. The predicted octanol–water partition coefficient (Wildman–Crippen LogP) is 3.12. The molecule has 138 valence electrons. The minimum atomic E-state index is -0.476. The summed E-state index contributed by atoms with van der Waals surface area (Å²) in [6.45, 7) is 2.26. The monoisotopic (exact) mass is 356 g/mol. The Hall–Kier alpha value is -2.16. The van der Waals surface area contributed by atoms with Gasteiger partial charge in [0.1, 0.15) is 5.82 Å². The Morgan fingerprint density at radius 3 is 2.73 bits per heavy atom. The lowest BCUT2D eigenvalue weighted by Gasteiger charge is -2.40. The molecular formula is C20H25FN4O. The van der Waals surface area contributed by atoms with Gasteiger partial charge in [-0.15, -0.1) is 0 Å². The third-order valence-corrected chi connectivity index (χ3v) is 6.47. The number of halogens is 1. The normalized spacial score (nSPS) is 32.1. The highest BCUT2D eigenvalue weighted by Crippen LogP contribution is 2.43. The van der Waals surface area contributed by atoms with Crippen LogP contribution >= 0.6 is 0 Å². The van der Waals surface area contributed by atoms with Gasteiger partial charge in [-0.25, -0.2) is 4.98 Å². The zero-order valence-electron chi connectivity index (χ0n) is 15.0. The molecule has 1 spiro atoms. The number of hydrogen-bond donors (Lipinski definition) is 0. The molecule has 0 radical (unpaired) electrons. The minimum Gasteiger partial charge on any atom is -0.355 e. The van der Waals surface area contributed by atoms with E-state index in [-0.39, 0.29) is 23.3 Å². The Morgan fingerprint density at radius 1 is 1.19 bits per heavy atom. The number of carbonyl (C=O) groups is 1. The van der Waals surface area contributed by atoms with Gasteiger partial charge in [-0.1, -0.05) is 6.07 Å². The SMILES string of the molecule is N#CC1CCC(N2CC[C@@]3(CCCN(c4cccc(F)n4)C3)C2=O)CC1. The average Bonchev–Trinajstić information content (AvgIpc) is 2.98. The van der Waals surface area contributed by atoms with Crippen molar-refractivity contribution < 1.29 is 9.18 Å². The van der Waals surface area contributed by atoms with Gasteiger partial charge in [0.2, 0.25) is 11.9 Å². The van der Waals surface area contributed by atoms with Crippen molar-refractivity contribution in [3.63, 3.8) is 0 Å². The van der Waals surface area contributed by atoms with Gasteiger partial charge in [0.25, 0.3) is 0 Å². The van der Waals surface area contributed by atoms with Crippen LogP contribution in [0.4, 0.5) is 10.2 Å². The molecular weight excluding hydrogens is 331 g/mol. The number of pyridine rings is 1. The van der Waals surface area contributed by atoms with Gasteiger partial charge < -0.3 is 9.80 Å². The van der Waals surface area contributed by atoms with Crippen LogP contribution in [0.2, 0.25) is 0 Å². The van der Waals surface area contributed by atoms with Gasteiger partial charge in [0.05, 0.1) is 11.5 Å². The molecule has 1 saturated carbocycles.